The third kappa shape index (κ3) is 2.17. The van der Waals surface area contributed by atoms with Crippen LogP contribution >= 0.6 is 15.9 Å². The van der Waals surface area contributed by atoms with Crippen molar-refractivity contribution >= 4 is 15.9 Å². The predicted molar refractivity (Wildman–Crippen MR) is 69.0 cm³/mol. The Bertz CT molecular complexity index is 532. The molecule has 0 nitrogen and oxygen atoms in total. The predicted octanol–water partition coefficient (Wildman–Crippen LogP) is 4.87. The van der Waals surface area contributed by atoms with Gasteiger partial charge in [-0.1, -0.05) is 39.7 Å². The summed E-state index contributed by atoms with van der Waals surface area (Å²) >= 11 is 3.37. The Hall–Kier alpha value is -1.15. The number of rotatable bonds is 1. The maximum absolute atomic E-state index is 13.7. The molecule has 2 heteroatoms. The van der Waals surface area contributed by atoms with Crippen molar-refractivity contribution < 1.29 is 4.39 Å². The van der Waals surface area contributed by atoms with Crippen molar-refractivity contribution in [3.63, 3.8) is 0 Å². The van der Waals surface area contributed by atoms with Gasteiger partial charge < -0.3 is 0 Å². The van der Waals surface area contributed by atoms with Crippen LogP contribution < -0.4 is 0 Å². The van der Waals surface area contributed by atoms with E-state index in [9.17, 15) is 4.39 Å². The Labute approximate surface area is 103 Å². The number of benzene rings is 2. The molecule has 2 rings (SSSR count). The van der Waals surface area contributed by atoms with Crippen molar-refractivity contribution in [1.29, 1.82) is 0 Å². The second kappa shape index (κ2) is 4.38. The summed E-state index contributed by atoms with van der Waals surface area (Å²) in [7, 11) is 0. The van der Waals surface area contributed by atoms with Gasteiger partial charge in [0.2, 0.25) is 0 Å². The lowest BCUT2D eigenvalue weighted by atomic mass is 9.98. The van der Waals surface area contributed by atoms with Gasteiger partial charge >= 0.3 is 0 Å². The van der Waals surface area contributed by atoms with Gasteiger partial charge in [-0.05, 0) is 43.2 Å². The molecule has 0 spiro atoms. The zero-order valence-corrected chi connectivity index (χ0v) is 10.8. The zero-order valence-electron chi connectivity index (χ0n) is 9.22. The van der Waals surface area contributed by atoms with Gasteiger partial charge in [-0.15, -0.1) is 0 Å². The lowest BCUT2D eigenvalue weighted by Gasteiger charge is -2.08. The normalized spacial score (nSPS) is 10.5. The molecule has 0 saturated heterocycles. The minimum absolute atomic E-state index is 0.185. The summed E-state index contributed by atoms with van der Waals surface area (Å²) in [5.74, 6) is -0.185. The number of aryl methyl sites for hydroxylation is 2. The Morgan fingerprint density at radius 1 is 0.938 bits per heavy atom. The fourth-order valence-electron chi connectivity index (χ4n) is 1.82. The van der Waals surface area contributed by atoms with Crippen molar-refractivity contribution in [1.82, 2.24) is 0 Å². The molecule has 0 aromatic heterocycles. The Morgan fingerprint density at radius 3 is 2.38 bits per heavy atom. The first-order chi connectivity index (χ1) is 7.58. The van der Waals surface area contributed by atoms with E-state index in [1.165, 1.54) is 11.6 Å². The van der Waals surface area contributed by atoms with Crippen LogP contribution in [0, 0.1) is 19.7 Å². The quantitative estimate of drug-likeness (QED) is 0.698. The van der Waals surface area contributed by atoms with Gasteiger partial charge in [-0.25, -0.2) is 4.39 Å². The van der Waals surface area contributed by atoms with E-state index in [2.05, 4.69) is 22.0 Å². The molecule has 0 N–H and O–H groups in total. The molecule has 0 radical (unpaired) electrons. The summed E-state index contributed by atoms with van der Waals surface area (Å²) in [6, 6.07) is 11.0. The minimum atomic E-state index is -0.185. The van der Waals surface area contributed by atoms with Gasteiger partial charge in [0.05, 0.1) is 0 Å². The summed E-state index contributed by atoms with van der Waals surface area (Å²) in [6.07, 6.45) is 0. The van der Waals surface area contributed by atoms with E-state index in [1.807, 2.05) is 32.0 Å². The lowest BCUT2D eigenvalue weighted by molar-refractivity contribution is 0.631. The fraction of sp³-hybridized carbons (Fsp3) is 0.143. The van der Waals surface area contributed by atoms with Gasteiger partial charge in [-0.3, -0.25) is 0 Å². The highest BCUT2D eigenvalue weighted by atomic mass is 79.9. The molecule has 0 atom stereocenters. The SMILES string of the molecule is Cc1ccc(-c2cc(Br)ccc2F)c(C)c1. The first-order valence-corrected chi connectivity index (χ1v) is 5.90. The van der Waals surface area contributed by atoms with E-state index in [0.717, 1.165) is 15.6 Å². The van der Waals surface area contributed by atoms with Gasteiger partial charge in [-0.2, -0.15) is 0 Å². The van der Waals surface area contributed by atoms with Crippen LogP contribution in [-0.4, -0.2) is 0 Å². The van der Waals surface area contributed by atoms with Gasteiger partial charge in [0.25, 0.3) is 0 Å². The van der Waals surface area contributed by atoms with Crippen LogP contribution in [0.1, 0.15) is 11.1 Å². The molecule has 0 aliphatic rings. The topological polar surface area (TPSA) is 0 Å². The second-order valence-corrected chi connectivity index (χ2v) is 4.86. The van der Waals surface area contributed by atoms with Crippen LogP contribution in [0.5, 0.6) is 0 Å². The van der Waals surface area contributed by atoms with E-state index in [1.54, 1.807) is 6.07 Å². The maximum atomic E-state index is 13.7. The van der Waals surface area contributed by atoms with Crippen LogP contribution in [0.4, 0.5) is 4.39 Å². The highest BCUT2D eigenvalue weighted by Crippen LogP contribution is 2.29. The highest BCUT2D eigenvalue weighted by Gasteiger charge is 2.08. The van der Waals surface area contributed by atoms with Gasteiger partial charge in [0.1, 0.15) is 5.82 Å². The lowest BCUT2D eigenvalue weighted by Crippen LogP contribution is -1.88. The monoisotopic (exact) mass is 278 g/mol. The fourth-order valence-corrected chi connectivity index (χ4v) is 2.18. The minimum Gasteiger partial charge on any atom is -0.206 e. The molecule has 0 heterocycles. The zero-order chi connectivity index (χ0) is 11.7. The molecule has 2 aromatic rings. The summed E-state index contributed by atoms with van der Waals surface area (Å²) in [6.45, 7) is 4.04. The first kappa shape index (κ1) is 11.3. The molecule has 0 unspecified atom stereocenters. The maximum Gasteiger partial charge on any atom is 0.131 e. The largest absolute Gasteiger partial charge is 0.206 e. The van der Waals surface area contributed by atoms with Crippen molar-refractivity contribution in [3.8, 4) is 11.1 Å². The second-order valence-electron chi connectivity index (χ2n) is 3.94. The Morgan fingerprint density at radius 2 is 1.69 bits per heavy atom. The number of hydrogen-bond acceptors (Lipinski definition) is 0. The Kier molecular flexibility index (Phi) is 3.10. The average Bonchev–Trinajstić information content (AvgIpc) is 2.22. The highest BCUT2D eigenvalue weighted by molar-refractivity contribution is 9.10. The molecule has 0 aliphatic heterocycles. The molecular weight excluding hydrogens is 267 g/mol. The molecule has 0 bridgehead atoms. The molecule has 0 saturated carbocycles. The molecule has 82 valence electrons. The van der Waals surface area contributed by atoms with Crippen molar-refractivity contribution in [3.05, 3.63) is 57.8 Å². The smallest absolute Gasteiger partial charge is 0.131 e. The van der Waals surface area contributed by atoms with Crippen LogP contribution in [0.15, 0.2) is 40.9 Å². The van der Waals surface area contributed by atoms with E-state index in [4.69, 9.17) is 0 Å². The number of hydrogen-bond donors (Lipinski definition) is 0. The number of halogens is 2. The van der Waals surface area contributed by atoms with E-state index in [0.29, 0.717) is 5.56 Å². The molecule has 0 amide bonds. The summed E-state index contributed by atoms with van der Waals surface area (Å²) in [5.41, 5.74) is 3.88. The Balaban J connectivity index is 2.62. The molecule has 0 fully saturated rings. The summed E-state index contributed by atoms with van der Waals surface area (Å²) < 4.78 is 14.6. The average molecular weight is 279 g/mol. The van der Waals surface area contributed by atoms with Crippen molar-refractivity contribution in [2.75, 3.05) is 0 Å². The van der Waals surface area contributed by atoms with Crippen molar-refractivity contribution in [2.24, 2.45) is 0 Å². The van der Waals surface area contributed by atoms with Gasteiger partial charge in [0, 0.05) is 10.0 Å². The van der Waals surface area contributed by atoms with Crippen LogP contribution in [0.2, 0.25) is 0 Å². The standard InChI is InChI=1S/C14H12BrF/c1-9-3-5-12(10(2)7-9)13-8-11(15)4-6-14(13)16/h3-8H,1-2H3. The van der Waals surface area contributed by atoms with Crippen molar-refractivity contribution in [2.45, 2.75) is 13.8 Å². The summed E-state index contributed by atoms with van der Waals surface area (Å²) in [4.78, 5) is 0. The van der Waals surface area contributed by atoms with Gasteiger partial charge in [0.15, 0.2) is 0 Å². The molecule has 16 heavy (non-hydrogen) atoms. The summed E-state index contributed by atoms with van der Waals surface area (Å²) in [5, 5.41) is 0. The molecular formula is C14H12BrF. The molecule has 2 aromatic carbocycles. The van der Waals surface area contributed by atoms with E-state index < -0.39 is 0 Å². The third-order valence-corrected chi connectivity index (χ3v) is 3.09. The molecule has 0 aliphatic carbocycles. The van der Waals surface area contributed by atoms with E-state index >= 15 is 0 Å². The third-order valence-electron chi connectivity index (χ3n) is 2.60. The van der Waals surface area contributed by atoms with Crippen LogP contribution in [-0.2, 0) is 0 Å². The van der Waals surface area contributed by atoms with E-state index in [-0.39, 0.29) is 5.82 Å². The van der Waals surface area contributed by atoms with Crippen LogP contribution in [0.25, 0.3) is 11.1 Å². The van der Waals surface area contributed by atoms with Crippen LogP contribution in [0.3, 0.4) is 0 Å². The first-order valence-electron chi connectivity index (χ1n) is 5.10.